The fourth-order valence-electron chi connectivity index (χ4n) is 2.50. The first-order valence-electron chi connectivity index (χ1n) is 7.24. The van der Waals surface area contributed by atoms with E-state index in [2.05, 4.69) is 33.7 Å². The van der Waals surface area contributed by atoms with Crippen molar-refractivity contribution in [1.29, 1.82) is 0 Å². The van der Waals surface area contributed by atoms with Crippen molar-refractivity contribution in [3.63, 3.8) is 0 Å². The molecular weight excluding hydrogens is 240 g/mol. The first kappa shape index (κ1) is 14.4. The van der Waals surface area contributed by atoms with Crippen LogP contribution in [-0.2, 0) is 6.54 Å². The summed E-state index contributed by atoms with van der Waals surface area (Å²) in [4.78, 5) is 9.34. The Morgan fingerprint density at radius 3 is 2.53 bits per heavy atom. The second-order valence-corrected chi connectivity index (χ2v) is 5.47. The van der Waals surface area contributed by atoms with E-state index in [0.717, 1.165) is 58.1 Å². The molecule has 1 aliphatic heterocycles. The van der Waals surface area contributed by atoms with Crippen LogP contribution in [0, 0.1) is 0 Å². The summed E-state index contributed by atoms with van der Waals surface area (Å²) >= 11 is 0. The van der Waals surface area contributed by atoms with Gasteiger partial charge in [-0.25, -0.2) is 9.67 Å². The molecule has 1 aromatic heterocycles. The van der Waals surface area contributed by atoms with Gasteiger partial charge in [0.25, 0.3) is 0 Å². The van der Waals surface area contributed by atoms with Crippen molar-refractivity contribution < 1.29 is 0 Å². The molecular formula is C13H26N6. The molecule has 2 rings (SSSR count). The number of nitrogens with two attached hydrogens (primary N) is 1. The summed E-state index contributed by atoms with van der Waals surface area (Å²) in [5.74, 6) is 1.07. The summed E-state index contributed by atoms with van der Waals surface area (Å²) in [6, 6.07) is 0.378. The zero-order valence-corrected chi connectivity index (χ0v) is 12.1. The van der Waals surface area contributed by atoms with Gasteiger partial charge in [0.05, 0.1) is 6.54 Å². The molecule has 1 aromatic rings. The van der Waals surface area contributed by atoms with Crippen LogP contribution in [0.4, 0.5) is 0 Å². The normalized spacial score (nSPS) is 18.3. The Kier molecular flexibility index (Phi) is 5.30. The number of nitrogens with zero attached hydrogens (tertiary/aromatic N) is 5. The van der Waals surface area contributed by atoms with Crippen LogP contribution < -0.4 is 5.73 Å². The van der Waals surface area contributed by atoms with Crippen molar-refractivity contribution in [2.24, 2.45) is 5.73 Å². The second-order valence-electron chi connectivity index (χ2n) is 5.47. The summed E-state index contributed by atoms with van der Waals surface area (Å²) in [6.07, 6.45) is 2.76. The zero-order valence-electron chi connectivity index (χ0n) is 12.1. The highest BCUT2D eigenvalue weighted by Crippen LogP contribution is 2.10. The van der Waals surface area contributed by atoms with Crippen LogP contribution in [0.25, 0.3) is 0 Å². The van der Waals surface area contributed by atoms with E-state index in [4.69, 9.17) is 5.73 Å². The fourth-order valence-corrected chi connectivity index (χ4v) is 2.50. The van der Waals surface area contributed by atoms with Crippen LogP contribution in [0.2, 0.25) is 0 Å². The first-order valence-corrected chi connectivity index (χ1v) is 7.24. The summed E-state index contributed by atoms with van der Waals surface area (Å²) in [5.41, 5.74) is 5.55. The van der Waals surface area contributed by atoms with Gasteiger partial charge in [-0.1, -0.05) is 0 Å². The molecule has 0 bridgehead atoms. The molecule has 2 heterocycles. The van der Waals surface area contributed by atoms with Crippen LogP contribution >= 0.6 is 0 Å². The van der Waals surface area contributed by atoms with Gasteiger partial charge >= 0.3 is 0 Å². The molecule has 0 amide bonds. The lowest BCUT2D eigenvalue weighted by Crippen LogP contribution is -2.46. The average Bonchev–Trinajstić information content (AvgIpc) is 2.86. The predicted octanol–water partition coefficient (Wildman–Crippen LogP) is 0.325. The predicted molar refractivity (Wildman–Crippen MR) is 75.8 cm³/mol. The Hall–Kier alpha value is -0.980. The summed E-state index contributed by atoms with van der Waals surface area (Å²) < 4.78 is 2.01. The van der Waals surface area contributed by atoms with Gasteiger partial charge in [0.1, 0.15) is 12.2 Å². The van der Waals surface area contributed by atoms with Crippen molar-refractivity contribution in [1.82, 2.24) is 24.6 Å². The number of rotatable bonds is 6. The van der Waals surface area contributed by atoms with Crippen molar-refractivity contribution in [2.75, 3.05) is 39.3 Å². The van der Waals surface area contributed by atoms with E-state index in [1.807, 2.05) is 4.68 Å². The molecule has 0 atom stereocenters. The van der Waals surface area contributed by atoms with Gasteiger partial charge in [-0.2, -0.15) is 5.10 Å². The lowest BCUT2D eigenvalue weighted by atomic mass is 10.3. The molecule has 1 fully saturated rings. The third kappa shape index (κ3) is 3.99. The van der Waals surface area contributed by atoms with Crippen molar-refractivity contribution in [3.8, 4) is 0 Å². The number of hydrogen-bond acceptors (Lipinski definition) is 5. The molecule has 6 nitrogen and oxygen atoms in total. The standard InChI is InChI=1S/C13H26N6/c1-12(2)19-13(15-11-16-19)10-18-8-6-17(7-9-18)5-3-4-14/h11-12H,3-10,14H2,1-2H3. The minimum Gasteiger partial charge on any atom is -0.330 e. The Balaban J connectivity index is 1.80. The van der Waals surface area contributed by atoms with Gasteiger partial charge in [-0.3, -0.25) is 4.90 Å². The van der Waals surface area contributed by atoms with E-state index in [1.165, 1.54) is 0 Å². The van der Waals surface area contributed by atoms with Crippen LogP contribution in [0.1, 0.15) is 32.1 Å². The monoisotopic (exact) mass is 266 g/mol. The molecule has 0 aliphatic carbocycles. The summed E-state index contributed by atoms with van der Waals surface area (Å²) in [7, 11) is 0. The lowest BCUT2D eigenvalue weighted by molar-refractivity contribution is 0.122. The topological polar surface area (TPSA) is 63.2 Å². The maximum Gasteiger partial charge on any atom is 0.141 e. The van der Waals surface area contributed by atoms with Crippen LogP contribution in [0.3, 0.4) is 0 Å². The van der Waals surface area contributed by atoms with Gasteiger partial charge in [-0.15, -0.1) is 0 Å². The van der Waals surface area contributed by atoms with E-state index < -0.39 is 0 Å². The third-order valence-corrected chi connectivity index (χ3v) is 3.64. The zero-order chi connectivity index (χ0) is 13.7. The van der Waals surface area contributed by atoms with Gasteiger partial charge in [0.15, 0.2) is 0 Å². The highest BCUT2D eigenvalue weighted by atomic mass is 15.4. The van der Waals surface area contributed by atoms with Crippen LogP contribution in [0.15, 0.2) is 6.33 Å². The molecule has 0 saturated carbocycles. The van der Waals surface area contributed by atoms with E-state index in [1.54, 1.807) is 6.33 Å². The number of hydrogen-bond donors (Lipinski definition) is 1. The number of piperazine rings is 1. The van der Waals surface area contributed by atoms with Crippen molar-refractivity contribution >= 4 is 0 Å². The van der Waals surface area contributed by atoms with Gasteiger partial charge in [0.2, 0.25) is 0 Å². The van der Waals surface area contributed by atoms with Crippen molar-refractivity contribution in [2.45, 2.75) is 32.9 Å². The Labute approximate surface area is 115 Å². The van der Waals surface area contributed by atoms with Gasteiger partial charge < -0.3 is 10.6 Å². The molecule has 2 N–H and O–H groups in total. The lowest BCUT2D eigenvalue weighted by Gasteiger charge is -2.34. The van der Waals surface area contributed by atoms with Crippen molar-refractivity contribution in [3.05, 3.63) is 12.2 Å². The van der Waals surface area contributed by atoms with Crippen LogP contribution in [0.5, 0.6) is 0 Å². The second kappa shape index (κ2) is 6.98. The average molecular weight is 266 g/mol. The van der Waals surface area contributed by atoms with E-state index in [9.17, 15) is 0 Å². The van der Waals surface area contributed by atoms with Gasteiger partial charge in [0, 0.05) is 32.2 Å². The minimum atomic E-state index is 0.378. The van der Waals surface area contributed by atoms with E-state index in [0.29, 0.717) is 6.04 Å². The summed E-state index contributed by atoms with van der Waals surface area (Å²) in [6.45, 7) is 11.6. The first-order chi connectivity index (χ1) is 9.20. The third-order valence-electron chi connectivity index (χ3n) is 3.64. The quantitative estimate of drug-likeness (QED) is 0.804. The molecule has 0 unspecified atom stereocenters. The van der Waals surface area contributed by atoms with E-state index in [-0.39, 0.29) is 0 Å². The Bertz CT molecular complexity index is 367. The molecule has 108 valence electrons. The van der Waals surface area contributed by atoms with Gasteiger partial charge in [-0.05, 0) is 33.4 Å². The molecule has 1 saturated heterocycles. The molecule has 0 spiro atoms. The highest BCUT2D eigenvalue weighted by molar-refractivity contribution is 4.88. The smallest absolute Gasteiger partial charge is 0.141 e. The highest BCUT2D eigenvalue weighted by Gasteiger charge is 2.18. The maximum absolute atomic E-state index is 5.55. The maximum atomic E-state index is 5.55. The Morgan fingerprint density at radius 2 is 1.89 bits per heavy atom. The van der Waals surface area contributed by atoms with E-state index >= 15 is 0 Å². The largest absolute Gasteiger partial charge is 0.330 e. The number of aromatic nitrogens is 3. The molecule has 6 heteroatoms. The SMILES string of the molecule is CC(C)n1ncnc1CN1CCN(CCCN)CC1. The molecule has 19 heavy (non-hydrogen) atoms. The minimum absolute atomic E-state index is 0.378. The molecule has 0 aromatic carbocycles. The summed E-state index contributed by atoms with van der Waals surface area (Å²) in [5, 5.41) is 4.29. The molecule has 1 aliphatic rings. The molecule has 0 radical (unpaired) electrons. The van der Waals surface area contributed by atoms with Crippen LogP contribution in [-0.4, -0.2) is 63.8 Å². The fraction of sp³-hybridized carbons (Fsp3) is 0.846. The Morgan fingerprint density at radius 1 is 1.21 bits per heavy atom.